The van der Waals surface area contributed by atoms with Gasteiger partial charge in [-0.15, -0.1) is 0 Å². The molecule has 0 aromatic heterocycles. The Labute approximate surface area is 74.2 Å². The Bertz CT molecular complexity index is 358. The fourth-order valence-corrected chi connectivity index (χ4v) is 1.35. The van der Waals surface area contributed by atoms with Gasteiger partial charge >= 0.3 is 0 Å². The zero-order valence-corrected chi connectivity index (χ0v) is 8.09. The van der Waals surface area contributed by atoms with Crippen molar-refractivity contribution in [3.8, 4) is 0 Å². The van der Waals surface area contributed by atoms with Crippen LogP contribution in [0.15, 0.2) is 18.2 Å². The molecule has 0 spiro atoms. The normalized spacial score (nSPS) is 13.9. The van der Waals surface area contributed by atoms with Gasteiger partial charge in [0.25, 0.3) is 0 Å². The van der Waals surface area contributed by atoms with Gasteiger partial charge in [0.05, 0.1) is 0 Å². The molecule has 0 nitrogen and oxygen atoms in total. The van der Waals surface area contributed by atoms with Crippen molar-refractivity contribution in [3.05, 3.63) is 34.2 Å². The van der Waals surface area contributed by atoms with Crippen LogP contribution in [0.3, 0.4) is 0 Å². The molecule has 0 aliphatic rings. The minimum Gasteiger partial charge on any atom is -0.0798 e. The van der Waals surface area contributed by atoms with Crippen molar-refractivity contribution >= 4 is 12.2 Å². The highest BCUT2D eigenvalue weighted by Gasteiger charge is 1.84. The maximum Gasteiger partial charge on any atom is -0.0227 e. The first-order valence-corrected chi connectivity index (χ1v) is 4.51. The SMILES string of the molecule is C/C=c1/cc(C)cc/c1=C/CC. The minimum atomic E-state index is 1.10. The fourth-order valence-electron chi connectivity index (χ4n) is 1.35. The number of hydrogen-bond acceptors (Lipinski definition) is 0. The highest BCUT2D eigenvalue weighted by atomic mass is 13.9. The van der Waals surface area contributed by atoms with E-state index in [1.165, 1.54) is 16.0 Å². The van der Waals surface area contributed by atoms with Gasteiger partial charge in [-0.2, -0.15) is 0 Å². The van der Waals surface area contributed by atoms with E-state index in [9.17, 15) is 0 Å². The van der Waals surface area contributed by atoms with Gasteiger partial charge in [0, 0.05) is 0 Å². The Morgan fingerprint density at radius 1 is 1.25 bits per heavy atom. The van der Waals surface area contributed by atoms with Crippen molar-refractivity contribution in [3.63, 3.8) is 0 Å². The van der Waals surface area contributed by atoms with Crippen LogP contribution in [0.1, 0.15) is 25.8 Å². The predicted molar refractivity (Wildman–Crippen MR) is 55.3 cm³/mol. The molecule has 12 heavy (non-hydrogen) atoms. The monoisotopic (exact) mass is 160 g/mol. The number of rotatable bonds is 1. The van der Waals surface area contributed by atoms with Crippen molar-refractivity contribution < 1.29 is 0 Å². The summed E-state index contributed by atoms with van der Waals surface area (Å²) in [5.74, 6) is 0. The van der Waals surface area contributed by atoms with Crippen molar-refractivity contribution in [2.24, 2.45) is 0 Å². The molecule has 1 aromatic carbocycles. The van der Waals surface area contributed by atoms with Crippen LogP contribution in [0.2, 0.25) is 0 Å². The smallest absolute Gasteiger partial charge is 0.0227 e. The average Bonchev–Trinajstić information content (AvgIpc) is 2.08. The lowest BCUT2D eigenvalue weighted by Crippen LogP contribution is -2.23. The molecule has 0 unspecified atom stereocenters. The van der Waals surface area contributed by atoms with Gasteiger partial charge in [-0.1, -0.05) is 42.8 Å². The molecule has 0 bridgehead atoms. The average molecular weight is 160 g/mol. The number of benzene rings is 1. The van der Waals surface area contributed by atoms with E-state index in [-0.39, 0.29) is 0 Å². The van der Waals surface area contributed by atoms with Gasteiger partial charge in [-0.3, -0.25) is 0 Å². The second kappa shape index (κ2) is 4.10. The largest absolute Gasteiger partial charge is 0.0798 e. The van der Waals surface area contributed by atoms with E-state index in [0.29, 0.717) is 0 Å². The van der Waals surface area contributed by atoms with E-state index in [0.717, 1.165) is 6.42 Å². The molecule has 0 heterocycles. The third-order valence-electron chi connectivity index (χ3n) is 1.98. The highest BCUT2D eigenvalue weighted by Crippen LogP contribution is 1.86. The fraction of sp³-hybridized carbons (Fsp3) is 0.333. The molecule has 64 valence electrons. The summed E-state index contributed by atoms with van der Waals surface area (Å²) in [6.45, 7) is 6.38. The first kappa shape index (κ1) is 9.05. The predicted octanol–water partition coefficient (Wildman–Crippen LogP) is 1.99. The third kappa shape index (κ3) is 1.97. The summed E-state index contributed by atoms with van der Waals surface area (Å²) in [4.78, 5) is 0. The lowest BCUT2D eigenvalue weighted by Gasteiger charge is -1.92. The maximum absolute atomic E-state index is 2.26. The molecule has 0 fully saturated rings. The van der Waals surface area contributed by atoms with Crippen LogP contribution >= 0.6 is 0 Å². The topological polar surface area (TPSA) is 0 Å². The maximum atomic E-state index is 2.26. The molecule has 0 amide bonds. The third-order valence-corrected chi connectivity index (χ3v) is 1.98. The first-order chi connectivity index (χ1) is 5.77. The molecule has 0 saturated heterocycles. The van der Waals surface area contributed by atoms with Crippen LogP contribution in [0, 0.1) is 6.92 Å². The summed E-state index contributed by atoms with van der Waals surface area (Å²) >= 11 is 0. The molecule has 0 heteroatoms. The van der Waals surface area contributed by atoms with Gasteiger partial charge in [0.2, 0.25) is 0 Å². The molecule has 0 N–H and O–H groups in total. The molecule has 0 atom stereocenters. The first-order valence-electron chi connectivity index (χ1n) is 4.51. The van der Waals surface area contributed by atoms with Crippen molar-refractivity contribution in [1.29, 1.82) is 0 Å². The summed E-state index contributed by atoms with van der Waals surface area (Å²) in [7, 11) is 0. The van der Waals surface area contributed by atoms with Gasteiger partial charge in [-0.25, -0.2) is 0 Å². The van der Waals surface area contributed by atoms with Crippen LogP contribution in [-0.2, 0) is 0 Å². The molecular formula is C12H16. The van der Waals surface area contributed by atoms with Gasteiger partial charge in [0.15, 0.2) is 0 Å². The van der Waals surface area contributed by atoms with E-state index in [2.05, 4.69) is 51.1 Å². The van der Waals surface area contributed by atoms with E-state index < -0.39 is 0 Å². The Hall–Kier alpha value is -1.04. The van der Waals surface area contributed by atoms with Gasteiger partial charge in [0.1, 0.15) is 0 Å². The standard InChI is InChI=1S/C12H16/c1-4-6-12-8-7-10(3)9-11(12)5-2/h5-9H,4H2,1-3H3/b11-5-,12-6-. The molecule has 1 rings (SSSR count). The van der Waals surface area contributed by atoms with Crippen molar-refractivity contribution in [1.82, 2.24) is 0 Å². The Morgan fingerprint density at radius 3 is 2.58 bits per heavy atom. The van der Waals surface area contributed by atoms with Gasteiger partial charge < -0.3 is 0 Å². The Balaban J connectivity index is 3.42. The molecular weight excluding hydrogens is 144 g/mol. The summed E-state index contributed by atoms with van der Waals surface area (Å²) < 4.78 is 0. The van der Waals surface area contributed by atoms with E-state index in [1.54, 1.807) is 0 Å². The zero-order valence-electron chi connectivity index (χ0n) is 8.09. The number of aryl methyl sites for hydroxylation is 1. The Kier molecular flexibility index (Phi) is 3.09. The molecule has 0 aliphatic heterocycles. The molecule has 0 radical (unpaired) electrons. The highest BCUT2D eigenvalue weighted by molar-refractivity contribution is 5.32. The summed E-state index contributed by atoms with van der Waals surface area (Å²) in [6.07, 6.45) is 5.52. The second-order valence-corrected chi connectivity index (χ2v) is 3.03. The van der Waals surface area contributed by atoms with Crippen LogP contribution in [0.25, 0.3) is 12.2 Å². The lowest BCUT2D eigenvalue weighted by molar-refractivity contribution is 1.27. The molecule has 0 saturated carbocycles. The number of hydrogen-bond donors (Lipinski definition) is 0. The van der Waals surface area contributed by atoms with Crippen molar-refractivity contribution in [2.45, 2.75) is 27.2 Å². The van der Waals surface area contributed by atoms with E-state index in [1.807, 2.05) is 0 Å². The molecule has 1 aromatic rings. The summed E-state index contributed by atoms with van der Waals surface area (Å²) in [6, 6.07) is 6.57. The van der Waals surface area contributed by atoms with Gasteiger partial charge in [-0.05, 0) is 30.7 Å². The van der Waals surface area contributed by atoms with E-state index in [4.69, 9.17) is 0 Å². The molecule has 0 aliphatic carbocycles. The van der Waals surface area contributed by atoms with Crippen LogP contribution in [0.5, 0.6) is 0 Å². The zero-order chi connectivity index (χ0) is 8.97. The van der Waals surface area contributed by atoms with Crippen LogP contribution in [-0.4, -0.2) is 0 Å². The quantitative estimate of drug-likeness (QED) is 0.589. The Morgan fingerprint density at radius 2 is 2.00 bits per heavy atom. The summed E-state index contributed by atoms with van der Waals surface area (Å²) in [5.41, 5.74) is 1.33. The van der Waals surface area contributed by atoms with Crippen LogP contribution in [0.4, 0.5) is 0 Å². The lowest BCUT2D eigenvalue weighted by atomic mass is 10.1. The minimum absolute atomic E-state index is 1.10. The van der Waals surface area contributed by atoms with E-state index >= 15 is 0 Å². The second-order valence-electron chi connectivity index (χ2n) is 3.03. The van der Waals surface area contributed by atoms with Crippen molar-refractivity contribution in [2.75, 3.05) is 0 Å². The van der Waals surface area contributed by atoms with Crippen LogP contribution < -0.4 is 10.4 Å². The summed E-state index contributed by atoms with van der Waals surface area (Å²) in [5, 5.41) is 2.70.